The van der Waals surface area contributed by atoms with Crippen LogP contribution in [-0.4, -0.2) is 9.55 Å². The van der Waals surface area contributed by atoms with Gasteiger partial charge < -0.3 is 0 Å². The fourth-order valence-corrected chi connectivity index (χ4v) is 1.69. The Bertz CT molecular complexity index is 314. The van der Waals surface area contributed by atoms with E-state index in [0.717, 1.165) is 19.2 Å². The predicted molar refractivity (Wildman–Crippen MR) is 40.2 cm³/mol. The number of fused-ring (bicyclic) bond motifs is 1. The topological polar surface area (TPSA) is 17.8 Å². The maximum Gasteiger partial charge on any atom is 0.489 e. The van der Waals surface area contributed by atoms with Gasteiger partial charge in [-0.2, -0.15) is 0 Å². The van der Waals surface area contributed by atoms with Crippen molar-refractivity contribution in [1.82, 2.24) is 9.55 Å². The minimum absolute atomic E-state index is 0.335. The van der Waals surface area contributed by atoms with Crippen LogP contribution in [0, 0.1) is 0 Å². The van der Waals surface area contributed by atoms with E-state index >= 15 is 0 Å². The molecule has 0 unspecified atom stereocenters. The standard InChI is InChI=1S/C8H9F3N2/c9-8(10,11)13-5-12-6-3-1-2-4-7(6)13/h5H,1-4H2. The molecule has 1 aliphatic carbocycles. The Morgan fingerprint density at radius 1 is 1.23 bits per heavy atom. The highest BCUT2D eigenvalue weighted by atomic mass is 19.4. The van der Waals surface area contributed by atoms with E-state index in [1.165, 1.54) is 0 Å². The third kappa shape index (κ3) is 1.43. The van der Waals surface area contributed by atoms with Gasteiger partial charge in [-0.25, -0.2) is 9.55 Å². The Labute approximate surface area is 73.4 Å². The number of aromatic nitrogens is 2. The summed E-state index contributed by atoms with van der Waals surface area (Å²) < 4.78 is 37.3. The highest BCUT2D eigenvalue weighted by molar-refractivity contribution is 5.16. The molecule has 2 rings (SSSR count). The predicted octanol–water partition coefficient (Wildman–Crippen LogP) is 2.24. The van der Waals surface area contributed by atoms with Gasteiger partial charge in [-0.3, -0.25) is 0 Å². The molecule has 0 spiro atoms. The maximum absolute atomic E-state index is 12.3. The van der Waals surface area contributed by atoms with Gasteiger partial charge in [0.1, 0.15) is 6.33 Å². The lowest BCUT2D eigenvalue weighted by Gasteiger charge is -2.15. The lowest BCUT2D eigenvalue weighted by atomic mass is 10.0. The monoisotopic (exact) mass is 190 g/mol. The van der Waals surface area contributed by atoms with E-state index in [1.807, 2.05) is 0 Å². The van der Waals surface area contributed by atoms with E-state index < -0.39 is 6.30 Å². The van der Waals surface area contributed by atoms with Gasteiger partial charge in [0, 0.05) is 5.69 Å². The van der Waals surface area contributed by atoms with E-state index in [-0.39, 0.29) is 0 Å². The van der Waals surface area contributed by atoms with Gasteiger partial charge >= 0.3 is 6.30 Å². The summed E-state index contributed by atoms with van der Waals surface area (Å²) in [5.41, 5.74) is 0.960. The van der Waals surface area contributed by atoms with Gasteiger partial charge in [-0.15, -0.1) is 13.2 Å². The number of hydrogen-bond acceptors (Lipinski definition) is 1. The molecule has 0 atom stereocenters. The third-order valence-corrected chi connectivity index (χ3v) is 2.30. The summed E-state index contributed by atoms with van der Waals surface area (Å²) in [4.78, 5) is 3.77. The van der Waals surface area contributed by atoms with Crippen LogP contribution >= 0.6 is 0 Å². The molecular weight excluding hydrogens is 181 g/mol. The van der Waals surface area contributed by atoms with Crippen LogP contribution in [0.1, 0.15) is 24.2 Å². The van der Waals surface area contributed by atoms with Gasteiger partial charge in [0.15, 0.2) is 0 Å². The van der Waals surface area contributed by atoms with Crippen molar-refractivity contribution in [2.45, 2.75) is 32.0 Å². The van der Waals surface area contributed by atoms with Gasteiger partial charge in [0.05, 0.1) is 5.69 Å². The zero-order valence-corrected chi connectivity index (χ0v) is 6.93. The lowest BCUT2D eigenvalue weighted by molar-refractivity contribution is -0.205. The summed E-state index contributed by atoms with van der Waals surface area (Å²) in [6.45, 7) is 0. The number of alkyl halides is 3. The Morgan fingerprint density at radius 2 is 1.92 bits per heavy atom. The fraction of sp³-hybridized carbons (Fsp3) is 0.625. The Hall–Kier alpha value is -1.00. The lowest BCUT2D eigenvalue weighted by Crippen LogP contribution is -2.20. The van der Waals surface area contributed by atoms with Crippen LogP contribution in [-0.2, 0) is 19.1 Å². The molecule has 1 aliphatic rings. The molecule has 1 heterocycles. The molecule has 0 saturated carbocycles. The zero-order chi connectivity index (χ0) is 9.47. The van der Waals surface area contributed by atoms with Crippen molar-refractivity contribution in [1.29, 1.82) is 0 Å². The summed E-state index contributed by atoms with van der Waals surface area (Å²) in [7, 11) is 0. The van der Waals surface area contributed by atoms with Gasteiger partial charge in [-0.1, -0.05) is 0 Å². The first-order valence-corrected chi connectivity index (χ1v) is 4.21. The van der Waals surface area contributed by atoms with Crippen molar-refractivity contribution in [3.8, 4) is 0 Å². The van der Waals surface area contributed by atoms with Crippen molar-refractivity contribution < 1.29 is 13.2 Å². The van der Waals surface area contributed by atoms with Crippen molar-refractivity contribution >= 4 is 0 Å². The van der Waals surface area contributed by atoms with Crippen LogP contribution in [0.3, 0.4) is 0 Å². The number of nitrogens with zero attached hydrogens (tertiary/aromatic N) is 2. The molecule has 2 nitrogen and oxygen atoms in total. The maximum atomic E-state index is 12.3. The third-order valence-electron chi connectivity index (χ3n) is 2.30. The van der Waals surface area contributed by atoms with Crippen LogP contribution in [0.15, 0.2) is 6.33 Å². The van der Waals surface area contributed by atoms with E-state index in [9.17, 15) is 13.2 Å². The number of halogens is 3. The highest BCUT2D eigenvalue weighted by Gasteiger charge is 2.34. The molecule has 1 aromatic rings. The van der Waals surface area contributed by atoms with Crippen LogP contribution < -0.4 is 0 Å². The second-order valence-corrected chi connectivity index (χ2v) is 3.18. The second-order valence-electron chi connectivity index (χ2n) is 3.18. The van der Waals surface area contributed by atoms with E-state index in [2.05, 4.69) is 4.98 Å². The summed E-state index contributed by atoms with van der Waals surface area (Å²) >= 11 is 0. The molecule has 0 radical (unpaired) electrons. The first-order valence-electron chi connectivity index (χ1n) is 4.21. The first-order chi connectivity index (χ1) is 6.09. The van der Waals surface area contributed by atoms with E-state index in [1.54, 1.807) is 0 Å². The summed E-state index contributed by atoms with van der Waals surface area (Å²) in [5, 5.41) is 0. The number of aryl methyl sites for hydroxylation is 1. The number of imidazole rings is 1. The summed E-state index contributed by atoms with van der Waals surface area (Å²) in [5.74, 6) is 0. The largest absolute Gasteiger partial charge is 0.489 e. The van der Waals surface area contributed by atoms with Crippen LogP contribution in [0.25, 0.3) is 0 Å². The van der Waals surface area contributed by atoms with Gasteiger partial charge in [0.2, 0.25) is 0 Å². The Morgan fingerprint density at radius 3 is 2.62 bits per heavy atom. The molecule has 0 aromatic carbocycles. The average Bonchev–Trinajstić information content (AvgIpc) is 2.45. The summed E-state index contributed by atoms with van der Waals surface area (Å²) in [6.07, 6.45) is -0.474. The quantitative estimate of drug-likeness (QED) is 0.613. The minimum atomic E-state index is -4.31. The van der Waals surface area contributed by atoms with Crippen molar-refractivity contribution in [3.05, 3.63) is 17.7 Å². The SMILES string of the molecule is FC(F)(F)n1cnc2c1CCCC2. The van der Waals surface area contributed by atoms with E-state index in [4.69, 9.17) is 0 Å². The molecule has 0 fully saturated rings. The average molecular weight is 190 g/mol. The zero-order valence-electron chi connectivity index (χ0n) is 6.93. The van der Waals surface area contributed by atoms with Crippen LogP contribution in [0.4, 0.5) is 13.2 Å². The van der Waals surface area contributed by atoms with Gasteiger partial charge in [0.25, 0.3) is 0 Å². The molecule has 13 heavy (non-hydrogen) atoms. The molecule has 5 heteroatoms. The molecule has 0 amide bonds. The van der Waals surface area contributed by atoms with Crippen molar-refractivity contribution in [2.75, 3.05) is 0 Å². The fourth-order valence-electron chi connectivity index (χ4n) is 1.69. The first kappa shape index (κ1) is 8.59. The smallest absolute Gasteiger partial charge is 0.245 e. The summed E-state index contributed by atoms with van der Waals surface area (Å²) in [6, 6.07) is 0. The molecule has 1 aromatic heterocycles. The van der Waals surface area contributed by atoms with Crippen molar-refractivity contribution in [3.63, 3.8) is 0 Å². The van der Waals surface area contributed by atoms with Crippen molar-refractivity contribution in [2.24, 2.45) is 0 Å². The molecule has 72 valence electrons. The highest BCUT2D eigenvalue weighted by Crippen LogP contribution is 2.29. The second kappa shape index (κ2) is 2.75. The molecule has 0 saturated heterocycles. The van der Waals surface area contributed by atoms with Gasteiger partial charge in [-0.05, 0) is 25.7 Å². The number of hydrogen-bond donors (Lipinski definition) is 0. The molecule has 0 N–H and O–H groups in total. The molecular formula is C8H9F3N2. The Kier molecular flexibility index (Phi) is 1.82. The van der Waals surface area contributed by atoms with Crippen LogP contribution in [0.2, 0.25) is 0 Å². The minimum Gasteiger partial charge on any atom is -0.245 e. The Balaban J connectivity index is 2.43. The normalized spacial score (nSPS) is 17.2. The molecule has 0 aliphatic heterocycles. The van der Waals surface area contributed by atoms with E-state index in [0.29, 0.717) is 28.8 Å². The van der Waals surface area contributed by atoms with Crippen LogP contribution in [0.5, 0.6) is 0 Å². The number of rotatable bonds is 0. The molecule has 0 bridgehead atoms.